The summed E-state index contributed by atoms with van der Waals surface area (Å²) in [5.41, 5.74) is 0.154. The molecule has 0 radical (unpaired) electrons. The van der Waals surface area contributed by atoms with E-state index in [0.717, 1.165) is 4.31 Å². The summed E-state index contributed by atoms with van der Waals surface area (Å²) in [5, 5.41) is 3.59. The van der Waals surface area contributed by atoms with Crippen LogP contribution in [-0.4, -0.2) is 64.1 Å². The molecular weight excluding hydrogens is 641 g/mol. The second-order valence-electron chi connectivity index (χ2n) is 11.1. The lowest BCUT2D eigenvalue weighted by atomic mass is 10.1. The average Bonchev–Trinajstić information content (AvgIpc) is 2.98. The third-order valence-electron chi connectivity index (χ3n) is 6.68. The van der Waals surface area contributed by atoms with E-state index in [2.05, 4.69) is 5.32 Å². The Morgan fingerprint density at radius 2 is 1.58 bits per heavy atom. The first-order valence-corrected chi connectivity index (χ1v) is 16.3. The van der Waals surface area contributed by atoms with Gasteiger partial charge in [-0.1, -0.05) is 29.3 Å². The zero-order chi connectivity index (χ0) is 33.5. The quantitative estimate of drug-likeness (QED) is 0.238. The molecular formula is C32H39Cl2N3O7S. The number of halogens is 2. The van der Waals surface area contributed by atoms with Gasteiger partial charge in [0.1, 0.15) is 18.3 Å². The molecule has 3 aromatic rings. The van der Waals surface area contributed by atoms with E-state index in [9.17, 15) is 18.0 Å². The monoisotopic (exact) mass is 679 g/mol. The van der Waals surface area contributed by atoms with Crippen LogP contribution in [0.1, 0.15) is 40.2 Å². The molecule has 0 spiro atoms. The number of methoxy groups -OCH3 is 2. The molecule has 0 aliphatic carbocycles. The summed E-state index contributed by atoms with van der Waals surface area (Å²) in [6, 6.07) is 14.3. The standard InChI is InChI=1S/C32H39Cl2N3O7S/c1-8-44-25-13-11-24(12-14-25)37(45(40,41)26-15-16-28(42-6)29(18-26)43-7)20-30(38)36(21(2)31(39)35-32(3,4)5)19-22-9-10-23(33)17-27(22)34/h9-18,21H,8,19-20H2,1-7H3,(H,35,39). The Labute approximate surface area is 275 Å². The van der Waals surface area contributed by atoms with E-state index in [-0.39, 0.29) is 22.9 Å². The Balaban J connectivity index is 2.11. The molecule has 0 saturated carbocycles. The normalized spacial score (nSPS) is 12.2. The molecule has 0 heterocycles. The highest BCUT2D eigenvalue weighted by Gasteiger charge is 2.34. The van der Waals surface area contributed by atoms with Crippen molar-refractivity contribution < 1.29 is 32.2 Å². The van der Waals surface area contributed by atoms with Crippen LogP contribution >= 0.6 is 23.2 Å². The summed E-state index contributed by atoms with van der Waals surface area (Å²) >= 11 is 12.5. The van der Waals surface area contributed by atoms with Gasteiger partial charge in [0.25, 0.3) is 10.0 Å². The maximum absolute atomic E-state index is 14.2. The molecule has 0 saturated heterocycles. The smallest absolute Gasteiger partial charge is 0.264 e. The van der Waals surface area contributed by atoms with Crippen molar-refractivity contribution in [2.45, 2.75) is 57.6 Å². The Hall–Kier alpha value is -3.67. The molecule has 0 aliphatic rings. The van der Waals surface area contributed by atoms with E-state index in [4.69, 9.17) is 37.4 Å². The fraction of sp³-hybridized carbons (Fsp3) is 0.375. The minimum atomic E-state index is -4.36. The fourth-order valence-electron chi connectivity index (χ4n) is 4.40. The van der Waals surface area contributed by atoms with Gasteiger partial charge >= 0.3 is 0 Å². The number of carbonyl (C=O) groups excluding carboxylic acids is 2. The maximum atomic E-state index is 14.2. The third-order valence-corrected chi connectivity index (χ3v) is 9.04. The number of sulfonamides is 1. The largest absolute Gasteiger partial charge is 0.494 e. The van der Waals surface area contributed by atoms with Crippen LogP contribution in [-0.2, 0) is 26.2 Å². The van der Waals surface area contributed by atoms with Gasteiger partial charge in [-0.25, -0.2) is 8.42 Å². The Morgan fingerprint density at radius 3 is 2.13 bits per heavy atom. The molecule has 0 fully saturated rings. The number of hydrogen-bond donors (Lipinski definition) is 1. The Bertz CT molecular complexity index is 1610. The summed E-state index contributed by atoms with van der Waals surface area (Å²) in [4.78, 5) is 28.7. The molecule has 1 N–H and O–H groups in total. The van der Waals surface area contributed by atoms with Gasteiger partial charge in [-0.3, -0.25) is 13.9 Å². The summed E-state index contributed by atoms with van der Waals surface area (Å²) in [7, 11) is -1.53. The van der Waals surface area contributed by atoms with Crippen molar-refractivity contribution in [3.8, 4) is 17.2 Å². The van der Waals surface area contributed by atoms with Crippen LogP contribution in [0.4, 0.5) is 5.69 Å². The Kier molecular flexibility index (Phi) is 12.0. The highest BCUT2D eigenvalue weighted by molar-refractivity contribution is 7.92. The van der Waals surface area contributed by atoms with E-state index >= 15 is 0 Å². The van der Waals surface area contributed by atoms with Crippen molar-refractivity contribution >= 4 is 50.7 Å². The predicted octanol–water partition coefficient (Wildman–Crippen LogP) is 5.94. The van der Waals surface area contributed by atoms with Crippen LogP contribution in [0, 0.1) is 0 Å². The number of carbonyl (C=O) groups is 2. The second kappa shape index (κ2) is 15.1. The minimum absolute atomic E-state index is 0.0823. The van der Waals surface area contributed by atoms with Crippen LogP contribution in [0.5, 0.6) is 17.2 Å². The molecule has 3 rings (SSSR count). The van der Waals surface area contributed by atoms with Gasteiger partial charge in [-0.2, -0.15) is 0 Å². The van der Waals surface area contributed by atoms with Crippen LogP contribution in [0.15, 0.2) is 65.6 Å². The predicted molar refractivity (Wildman–Crippen MR) is 176 cm³/mol. The summed E-state index contributed by atoms with van der Waals surface area (Å²) in [6.07, 6.45) is 0. The summed E-state index contributed by atoms with van der Waals surface area (Å²) < 4.78 is 45.6. The molecule has 1 unspecified atom stereocenters. The SMILES string of the molecule is CCOc1ccc(N(CC(=O)N(Cc2ccc(Cl)cc2Cl)C(C)C(=O)NC(C)(C)C)S(=O)(=O)c2ccc(OC)c(OC)c2)cc1. The molecule has 13 heteroatoms. The van der Waals surface area contributed by atoms with Gasteiger partial charge in [0.05, 0.1) is 31.4 Å². The van der Waals surface area contributed by atoms with Gasteiger partial charge in [0.2, 0.25) is 11.8 Å². The van der Waals surface area contributed by atoms with Crippen molar-refractivity contribution in [2.24, 2.45) is 0 Å². The average molecular weight is 681 g/mol. The number of amides is 2. The van der Waals surface area contributed by atoms with Gasteiger partial charge < -0.3 is 24.4 Å². The first kappa shape index (κ1) is 35.8. The van der Waals surface area contributed by atoms with Gasteiger partial charge in [-0.05, 0) is 88.7 Å². The molecule has 244 valence electrons. The molecule has 2 amide bonds. The Morgan fingerprint density at radius 1 is 0.933 bits per heavy atom. The van der Waals surface area contributed by atoms with E-state index in [1.165, 1.54) is 43.4 Å². The van der Waals surface area contributed by atoms with E-state index in [0.29, 0.717) is 33.7 Å². The van der Waals surface area contributed by atoms with Crippen molar-refractivity contribution in [3.05, 3.63) is 76.3 Å². The number of ether oxygens (including phenoxy) is 3. The first-order valence-electron chi connectivity index (χ1n) is 14.1. The number of nitrogens with zero attached hydrogens (tertiary/aromatic N) is 2. The van der Waals surface area contributed by atoms with Gasteiger partial charge in [-0.15, -0.1) is 0 Å². The van der Waals surface area contributed by atoms with Gasteiger partial charge in [0, 0.05) is 28.2 Å². The van der Waals surface area contributed by atoms with E-state index in [1.807, 2.05) is 27.7 Å². The zero-order valence-corrected chi connectivity index (χ0v) is 28.7. The van der Waals surface area contributed by atoms with Crippen LogP contribution in [0.3, 0.4) is 0 Å². The van der Waals surface area contributed by atoms with Crippen molar-refractivity contribution in [3.63, 3.8) is 0 Å². The lowest BCUT2D eigenvalue weighted by molar-refractivity contribution is -0.140. The van der Waals surface area contributed by atoms with Crippen LogP contribution in [0.25, 0.3) is 0 Å². The van der Waals surface area contributed by atoms with Crippen molar-refractivity contribution in [1.82, 2.24) is 10.2 Å². The molecule has 1 atom stereocenters. The number of anilines is 1. The maximum Gasteiger partial charge on any atom is 0.264 e. The van der Waals surface area contributed by atoms with E-state index in [1.54, 1.807) is 43.3 Å². The fourth-order valence-corrected chi connectivity index (χ4v) is 6.30. The third kappa shape index (κ3) is 9.18. The topological polar surface area (TPSA) is 114 Å². The summed E-state index contributed by atoms with van der Waals surface area (Å²) in [6.45, 7) is 8.58. The molecule has 45 heavy (non-hydrogen) atoms. The van der Waals surface area contributed by atoms with Crippen LogP contribution < -0.4 is 23.8 Å². The van der Waals surface area contributed by atoms with Crippen molar-refractivity contribution in [2.75, 3.05) is 31.7 Å². The number of nitrogens with one attached hydrogen (secondary N) is 1. The lowest BCUT2D eigenvalue weighted by Crippen LogP contribution is -2.54. The molecule has 0 aliphatic heterocycles. The minimum Gasteiger partial charge on any atom is -0.494 e. The molecule has 3 aromatic carbocycles. The number of hydrogen-bond acceptors (Lipinski definition) is 7. The summed E-state index contributed by atoms with van der Waals surface area (Å²) in [5.74, 6) is 0.00204. The van der Waals surface area contributed by atoms with E-state index < -0.39 is 40.0 Å². The van der Waals surface area contributed by atoms with Crippen LogP contribution in [0.2, 0.25) is 10.0 Å². The molecule has 0 aromatic heterocycles. The molecule has 10 nitrogen and oxygen atoms in total. The van der Waals surface area contributed by atoms with Crippen molar-refractivity contribution in [1.29, 1.82) is 0 Å². The number of rotatable bonds is 13. The lowest BCUT2D eigenvalue weighted by Gasteiger charge is -2.33. The molecule has 0 bridgehead atoms. The highest BCUT2D eigenvalue weighted by Crippen LogP contribution is 2.33. The highest BCUT2D eigenvalue weighted by atomic mass is 35.5. The number of benzene rings is 3. The first-order chi connectivity index (χ1) is 21.1. The second-order valence-corrected chi connectivity index (χ2v) is 13.8. The van der Waals surface area contributed by atoms with Gasteiger partial charge in [0.15, 0.2) is 11.5 Å². The zero-order valence-electron chi connectivity index (χ0n) is 26.4.